The van der Waals surface area contributed by atoms with Gasteiger partial charge in [-0.1, -0.05) is 6.07 Å². The minimum Gasteiger partial charge on any atom is -0.494 e. The maximum Gasteiger partial charge on any atom is 0.410 e. The first-order chi connectivity index (χ1) is 12.3. The van der Waals surface area contributed by atoms with Gasteiger partial charge in [0, 0.05) is 33.0 Å². The number of halogens is 1. The average molecular weight is 365 g/mol. The van der Waals surface area contributed by atoms with Crippen molar-refractivity contribution in [2.45, 2.75) is 18.4 Å². The van der Waals surface area contributed by atoms with E-state index in [0.29, 0.717) is 19.4 Å². The van der Waals surface area contributed by atoms with Gasteiger partial charge in [0.25, 0.3) is 0 Å². The lowest BCUT2D eigenvalue weighted by Gasteiger charge is -2.36. The van der Waals surface area contributed by atoms with E-state index in [4.69, 9.17) is 9.47 Å². The van der Waals surface area contributed by atoms with Gasteiger partial charge in [-0.2, -0.15) is 0 Å². The Morgan fingerprint density at radius 1 is 1.31 bits per heavy atom. The molecule has 2 aliphatic rings. The van der Waals surface area contributed by atoms with E-state index in [1.165, 1.54) is 29.0 Å². The van der Waals surface area contributed by atoms with Gasteiger partial charge in [0.15, 0.2) is 5.82 Å². The molecular weight excluding hydrogens is 345 g/mol. The number of anilines is 1. The van der Waals surface area contributed by atoms with Gasteiger partial charge in [-0.3, -0.25) is 9.59 Å². The van der Waals surface area contributed by atoms with Gasteiger partial charge in [-0.15, -0.1) is 0 Å². The number of amides is 3. The van der Waals surface area contributed by atoms with Crippen molar-refractivity contribution >= 4 is 23.6 Å². The Balaban J connectivity index is 1.62. The molecule has 0 unspecified atom stereocenters. The van der Waals surface area contributed by atoms with Gasteiger partial charge in [0.1, 0.15) is 17.0 Å². The summed E-state index contributed by atoms with van der Waals surface area (Å²) in [5, 5.41) is 2.28. The van der Waals surface area contributed by atoms with Gasteiger partial charge in [0.05, 0.1) is 13.7 Å². The molecule has 2 heterocycles. The van der Waals surface area contributed by atoms with E-state index in [2.05, 4.69) is 5.32 Å². The molecule has 0 saturated carbocycles. The maximum absolute atomic E-state index is 13.9. The highest BCUT2D eigenvalue weighted by atomic mass is 19.1. The Bertz CT molecular complexity index is 746. The van der Waals surface area contributed by atoms with E-state index in [1.54, 1.807) is 7.05 Å². The summed E-state index contributed by atoms with van der Waals surface area (Å²) in [6.45, 7) is 1.02. The van der Waals surface area contributed by atoms with Gasteiger partial charge in [0.2, 0.25) is 0 Å². The number of likely N-dealkylation sites (tertiary alicyclic amines) is 1. The number of ether oxygens (including phenoxy) is 2. The summed E-state index contributed by atoms with van der Waals surface area (Å²) in [5.41, 5.74) is -0.776. The van der Waals surface area contributed by atoms with Crippen LogP contribution in [0.15, 0.2) is 18.2 Å². The zero-order valence-corrected chi connectivity index (χ0v) is 14.6. The number of hydrogen-bond donors (Lipinski definition) is 1. The lowest BCUT2D eigenvalue weighted by molar-refractivity contribution is -0.145. The maximum atomic E-state index is 13.9. The van der Waals surface area contributed by atoms with Crippen molar-refractivity contribution in [3.63, 3.8) is 0 Å². The van der Waals surface area contributed by atoms with Crippen molar-refractivity contribution in [2.24, 2.45) is 0 Å². The smallest absolute Gasteiger partial charge is 0.410 e. The molecule has 140 valence electrons. The van der Waals surface area contributed by atoms with Crippen molar-refractivity contribution < 1.29 is 28.2 Å². The van der Waals surface area contributed by atoms with Gasteiger partial charge in [-0.05, 0) is 12.1 Å². The molecule has 0 aliphatic carbocycles. The van der Waals surface area contributed by atoms with E-state index in [0.717, 1.165) is 6.07 Å². The monoisotopic (exact) mass is 365 g/mol. The van der Waals surface area contributed by atoms with E-state index in [9.17, 15) is 18.8 Å². The van der Waals surface area contributed by atoms with Crippen LogP contribution in [-0.2, 0) is 14.3 Å². The minimum atomic E-state index is -0.940. The molecule has 1 N–H and O–H groups in total. The predicted octanol–water partition coefficient (Wildman–Crippen LogP) is 1.22. The Labute approximate surface area is 149 Å². The number of rotatable bonds is 2. The fourth-order valence-corrected chi connectivity index (χ4v) is 3.28. The first kappa shape index (κ1) is 18.0. The van der Waals surface area contributed by atoms with Crippen molar-refractivity contribution in [1.82, 2.24) is 9.80 Å². The van der Waals surface area contributed by atoms with Gasteiger partial charge >= 0.3 is 17.9 Å². The lowest BCUT2D eigenvalue weighted by atomic mass is 9.91. The van der Waals surface area contributed by atoms with Crippen molar-refractivity contribution in [1.29, 1.82) is 0 Å². The fourth-order valence-electron chi connectivity index (χ4n) is 3.28. The standard InChI is InChI=1S/C17H20FN3O5/c1-20-10-17(26-16(20)24)6-8-21(9-7-17)15(23)14(22)19-13-11(18)4-3-5-12(13)25-2/h3-5H,6-10H2,1-2H3,(H,19,22). The highest BCUT2D eigenvalue weighted by Crippen LogP contribution is 2.33. The zero-order valence-electron chi connectivity index (χ0n) is 14.6. The number of methoxy groups -OCH3 is 1. The Kier molecular flexibility index (Phi) is 4.71. The van der Waals surface area contributed by atoms with Crippen LogP contribution >= 0.6 is 0 Å². The van der Waals surface area contributed by atoms with Crippen LogP contribution in [0.3, 0.4) is 0 Å². The third kappa shape index (κ3) is 3.29. The second-order valence-corrected chi connectivity index (χ2v) is 6.47. The molecule has 0 bridgehead atoms. The molecular formula is C17H20FN3O5. The molecule has 2 aliphatic heterocycles. The summed E-state index contributed by atoms with van der Waals surface area (Å²) in [7, 11) is 3.00. The quantitative estimate of drug-likeness (QED) is 0.796. The van der Waals surface area contributed by atoms with Crippen LogP contribution in [0.5, 0.6) is 5.75 Å². The van der Waals surface area contributed by atoms with Crippen LogP contribution in [0.2, 0.25) is 0 Å². The van der Waals surface area contributed by atoms with E-state index in [-0.39, 0.29) is 30.6 Å². The molecule has 0 radical (unpaired) electrons. The average Bonchev–Trinajstić information content (AvgIpc) is 2.90. The van der Waals surface area contributed by atoms with E-state index < -0.39 is 23.2 Å². The van der Waals surface area contributed by atoms with Crippen LogP contribution in [0, 0.1) is 5.82 Å². The van der Waals surface area contributed by atoms with Crippen molar-refractivity contribution in [3.8, 4) is 5.75 Å². The molecule has 3 rings (SSSR count). The van der Waals surface area contributed by atoms with E-state index in [1.807, 2.05) is 0 Å². The van der Waals surface area contributed by atoms with Crippen molar-refractivity contribution in [3.05, 3.63) is 24.0 Å². The molecule has 8 nitrogen and oxygen atoms in total. The molecule has 0 atom stereocenters. The molecule has 2 fully saturated rings. The Hall–Kier alpha value is -2.84. The molecule has 3 amide bonds. The largest absolute Gasteiger partial charge is 0.494 e. The number of likely N-dealkylation sites (N-methyl/N-ethyl adjacent to an activating group) is 1. The van der Waals surface area contributed by atoms with Crippen molar-refractivity contribution in [2.75, 3.05) is 39.1 Å². The molecule has 1 aromatic rings. The predicted molar refractivity (Wildman–Crippen MR) is 89.2 cm³/mol. The summed E-state index contributed by atoms with van der Waals surface area (Å²) in [6, 6.07) is 4.09. The molecule has 26 heavy (non-hydrogen) atoms. The van der Waals surface area contributed by atoms with Crippen LogP contribution in [0.1, 0.15) is 12.8 Å². The molecule has 9 heteroatoms. The molecule has 0 aromatic heterocycles. The van der Waals surface area contributed by atoms with Crippen LogP contribution in [-0.4, -0.2) is 67.1 Å². The minimum absolute atomic E-state index is 0.129. The Morgan fingerprint density at radius 2 is 2.00 bits per heavy atom. The number of para-hydroxylation sites is 1. The Morgan fingerprint density at radius 3 is 2.58 bits per heavy atom. The second-order valence-electron chi connectivity index (χ2n) is 6.47. The topological polar surface area (TPSA) is 88.2 Å². The highest BCUT2D eigenvalue weighted by Gasteiger charge is 2.46. The third-order valence-corrected chi connectivity index (χ3v) is 4.73. The number of hydrogen-bond acceptors (Lipinski definition) is 5. The molecule has 2 saturated heterocycles. The van der Waals surface area contributed by atoms with E-state index >= 15 is 0 Å². The van der Waals surface area contributed by atoms with Gasteiger partial charge in [-0.25, -0.2) is 9.18 Å². The highest BCUT2D eigenvalue weighted by molar-refractivity contribution is 6.39. The second kappa shape index (κ2) is 6.81. The number of nitrogens with one attached hydrogen (secondary N) is 1. The number of carbonyl (C=O) groups is 3. The summed E-state index contributed by atoms with van der Waals surface area (Å²) in [6.07, 6.45) is 0.519. The van der Waals surface area contributed by atoms with Crippen LogP contribution in [0.25, 0.3) is 0 Å². The summed E-state index contributed by atoms with van der Waals surface area (Å²) < 4.78 is 24.3. The molecule has 1 spiro atoms. The van der Waals surface area contributed by atoms with Crippen LogP contribution in [0.4, 0.5) is 14.9 Å². The third-order valence-electron chi connectivity index (χ3n) is 4.73. The zero-order chi connectivity index (χ0) is 18.9. The number of piperidine rings is 1. The normalized spacial score (nSPS) is 18.7. The summed E-state index contributed by atoms with van der Waals surface area (Å²) in [5.74, 6) is -2.26. The lowest BCUT2D eigenvalue weighted by Crippen LogP contribution is -2.51. The SMILES string of the molecule is COc1cccc(F)c1NC(=O)C(=O)N1CCC2(CC1)CN(C)C(=O)O2. The number of benzene rings is 1. The first-order valence-electron chi connectivity index (χ1n) is 8.22. The number of carbonyl (C=O) groups excluding carboxylic acids is 3. The van der Waals surface area contributed by atoms with Crippen LogP contribution < -0.4 is 10.1 Å². The first-order valence-corrected chi connectivity index (χ1v) is 8.22. The number of nitrogens with zero attached hydrogens (tertiary/aromatic N) is 2. The fraction of sp³-hybridized carbons (Fsp3) is 0.471. The molecule has 1 aromatic carbocycles. The summed E-state index contributed by atoms with van der Waals surface area (Å²) >= 11 is 0. The summed E-state index contributed by atoms with van der Waals surface area (Å²) in [4.78, 5) is 39.1. The van der Waals surface area contributed by atoms with Gasteiger partial charge < -0.3 is 24.6 Å².